The third kappa shape index (κ3) is 4.29. The lowest BCUT2D eigenvalue weighted by Gasteiger charge is -2.35. The molecule has 1 N–H and O–H groups in total. The number of fused-ring (bicyclic) bond motifs is 4. The van der Waals surface area contributed by atoms with Crippen LogP contribution in [0, 0.1) is 11.6 Å². The highest BCUT2D eigenvalue weighted by molar-refractivity contribution is 5.97. The zero-order valence-electron chi connectivity index (χ0n) is 21.4. The maximum Gasteiger partial charge on any atom is 0.258 e. The molecule has 11 heteroatoms. The van der Waals surface area contributed by atoms with Gasteiger partial charge in [-0.05, 0) is 43.9 Å². The van der Waals surface area contributed by atoms with Crippen molar-refractivity contribution in [2.24, 2.45) is 0 Å². The van der Waals surface area contributed by atoms with Crippen LogP contribution in [-0.4, -0.2) is 71.8 Å². The first-order valence-electron chi connectivity index (χ1n) is 13.1. The maximum atomic E-state index is 15.9. The van der Waals surface area contributed by atoms with E-state index in [1.165, 1.54) is 18.2 Å². The van der Waals surface area contributed by atoms with Crippen molar-refractivity contribution in [3.05, 3.63) is 59.4 Å². The third-order valence-electron chi connectivity index (χ3n) is 7.54. The number of piperidine rings is 1. The normalized spacial score (nSPS) is 20.6. The number of likely N-dealkylation sites (N-methyl/N-ethyl adjacent to an activating group) is 1. The molecule has 2 fully saturated rings. The molecule has 0 aliphatic carbocycles. The number of hydrogen-bond donors (Lipinski definition) is 1. The van der Waals surface area contributed by atoms with Crippen molar-refractivity contribution in [2.45, 2.75) is 31.7 Å². The number of ether oxygens (including phenoxy) is 1. The molecule has 1 amide bonds. The Kier molecular flexibility index (Phi) is 6.29. The number of anilines is 2. The average molecular weight is 524 g/mol. The fraction of sp³-hybridized carbons (Fsp3) is 0.444. The monoisotopic (exact) mass is 523 g/mol. The van der Waals surface area contributed by atoms with Gasteiger partial charge in [0.1, 0.15) is 18.2 Å². The van der Waals surface area contributed by atoms with Crippen LogP contribution in [0.1, 0.15) is 47.8 Å². The molecular formula is C27H31F2N7O2. The van der Waals surface area contributed by atoms with E-state index >= 15 is 4.39 Å². The summed E-state index contributed by atoms with van der Waals surface area (Å²) in [6, 6.07) is 5.47. The highest BCUT2D eigenvalue weighted by Gasteiger charge is 2.34. The van der Waals surface area contributed by atoms with Gasteiger partial charge in [-0.1, -0.05) is 6.58 Å². The van der Waals surface area contributed by atoms with E-state index < -0.39 is 11.6 Å². The second-order valence-corrected chi connectivity index (χ2v) is 10.1. The van der Waals surface area contributed by atoms with Crippen LogP contribution in [0.25, 0.3) is 5.65 Å². The van der Waals surface area contributed by atoms with Crippen LogP contribution < -0.4 is 19.9 Å². The minimum Gasteiger partial charge on any atom is -0.487 e. The molecule has 1 atom stereocenters. The summed E-state index contributed by atoms with van der Waals surface area (Å²) in [6.45, 7) is 7.07. The summed E-state index contributed by atoms with van der Waals surface area (Å²) in [7, 11) is 1.82. The van der Waals surface area contributed by atoms with E-state index in [0.29, 0.717) is 60.5 Å². The topological polar surface area (TPSA) is 78.2 Å². The lowest BCUT2D eigenvalue weighted by atomic mass is 9.98. The second-order valence-electron chi connectivity index (χ2n) is 10.1. The molecular weight excluding hydrogens is 492 g/mol. The quantitative estimate of drug-likeness (QED) is 0.523. The fourth-order valence-electron chi connectivity index (χ4n) is 5.36. The van der Waals surface area contributed by atoms with Gasteiger partial charge in [0, 0.05) is 51.5 Å². The largest absolute Gasteiger partial charge is 0.487 e. The Bertz CT molecular complexity index is 1400. The van der Waals surface area contributed by atoms with E-state index in [4.69, 9.17) is 9.84 Å². The lowest BCUT2D eigenvalue weighted by molar-refractivity contribution is 0.0601. The Morgan fingerprint density at radius 2 is 1.95 bits per heavy atom. The Hall–Kier alpha value is -3.89. The lowest BCUT2D eigenvalue weighted by Crippen LogP contribution is -2.39. The molecule has 1 unspecified atom stereocenters. The van der Waals surface area contributed by atoms with Crippen molar-refractivity contribution in [1.29, 1.82) is 0 Å². The second kappa shape index (κ2) is 9.77. The molecule has 0 radical (unpaired) electrons. The first-order chi connectivity index (χ1) is 18.4. The molecule has 9 nitrogen and oxygen atoms in total. The van der Waals surface area contributed by atoms with Gasteiger partial charge in [-0.2, -0.15) is 14.0 Å². The van der Waals surface area contributed by atoms with Gasteiger partial charge in [-0.15, -0.1) is 0 Å². The Morgan fingerprint density at radius 3 is 2.74 bits per heavy atom. The number of rotatable bonds is 1. The van der Waals surface area contributed by atoms with Crippen molar-refractivity contribution in [3.63, 3.8) is 0 Å². The van der Waals surface area contributed by atoms with Gasteiger partial charge in [0.2, 0.25) is 5.82 Å². The molecule has 0 spiro atoms. The number of hydrogen-bond acceptors (Lipinski definition) is 7. The van der Waals surface area contributed by atoms with Crippen LogP contribution in [0.3, 0.4) is 0 Å². The van der Waals surface area contributed by atoms with Gasteiger partial charge in [0.05, 0.1) is 17.3 Å². The van der Waals surface area contributed by atoms with Gasteiger partial charge in [-0.3, -0.25) is 4.79 Å². The Balaban J connectivity index is 1.49. The number of benzene rings is 1. The SMILES string of the molecule is C=C1COc2ccc(F)cc2C(=O)N2CCCCC2c2cc3nc(N4CCC4)c(F)c(n3n2)N(C)CCN1. The van der Waals surface area contributed by atoms with Crippen molar-refractivity contribution < 1.29 is 18.3 Å². The van der Waals surface area contributed by atoms with E-state index in [1.54, 1.807) is 9.42 Å². The number of amides is 1. The van der Waals surface area contributed by atoms with Gasteiger partial charge >= 0.3 is 0 Å². The Labute approximate surface area is 219 Å². The van der Waals surface area contributed by atoms with Crippen molar-refractivity contribution in [1.82, 2.24) is 24.8 Å². The van der Waals surface area contributed by atoms with Crippen molar-refractivity contribution in [2.75, 3.05) is 56.2 Å². The summed E-state index contributed by atoms with van der Waals surface area (Å²) < 4.78 is 37.7. The Morgan fingerprint density at radius 1 is 1.11 bits per heavy atom. The molecule has 2 bridgehead atoms. The zero-order valence-corrected chi connectivity index (χ0v) is 21.4. The summed E-state index contributed by atoms with van der Waals surface area (Å²) in [5.74, 6) is -0.322. The average Bonchev–Trinajstić information content (AvgIpc) is 3.29. The molecule has 5 heterocycles. The summed E-state index contributed by atoms with van der Waals surface area (Å²) in [4.78, 5) is 24.0. The summed E-state index contributed by atoms with van der Waals surface area (Å²) in [5, 5.41) is 8.00. The standard InChI is InChI=1S/C27H31F2N7O2/c1-17-16-38-22-8-7-18(28)14-19(22)27(37)35-12-4-3-6-21(35)20-15-23-31-25(34-10-5-11-34)24(29)26(36(23)32-20)33(2)13-9-30-17/h7-8,14-15,21,30H,1,3-6,9-13,16H2,2H3. The molecule has 200 valence electrons. The summed E-state index contributed by atoms with van der Waals surface area (Å²) in [6.07, 6.45) is 3.42. The predicted octanol–water partition coefficient (Wildman–Crippen LogP) is 3.52. The van der Waals surface area contributed by atoms with E-state index in [9.17, 15) is 9.18 Å². The highest BCUT2D eigenvalue weighted by atomic mass is 19.1. The molecule has 2 aromatic heterocycles. The van der Waals surface area contributed by atoms with Crippen LogP contribution in [0.15, 0.2) is 36.5 Å². The van der Waals surface area contributed by atoms with Gasteiger partial charge in [0.25, 0.3) is 5.91 Å². The first-order valence-corrected chi connectivity index (χ1v) is 13.1. The number of aromatic nitrogens is 3. The van der Waals surface area contributed by atoms with E-state index in [-0.39, 0.29) is 24.1 Å². The molecule has 3 aliphatic heterocycles. The third-order valence-corrected chi connectivity index (χ3v) is 7.54. The number of carbonyl (C=O) groups is 1. The highest BCUT2D eigenvalue weighted by Crippen LogP contribution is 2.36. The first kappa shape index (κ1) is 24.4. The molecule has 1 aromatic carbocycles. The molecule has 2 saturated heterocycles. The number of halogens is 2. The van der Waals surface area contributed by atoms with Crippen LogP contribution >= 0.6 is 0 Å². The smallest absolute Gasteiger partial charge is 0.258 e. The van der Waals surface area contributed by atoms with E-state index in [0.717, 1.165) is 32.4 Å². The molecule has 3 aliphatic rings. The van der Waals surface area contributed by atoms with Crippen molar-refractivity contribution in [3.8, 4) is 5.75 Å². The fourth-order valence-corrected chi connectivity index (χ4v) is 5.36. The molecule has 0 saturated carbocycles. The van der Waals surface area contributed by atoms with Crippen LogP contribution in [0.5, 0.6) is 5.75 Å². The van der Waals surface area contributed by atoms with E-state index in [1.807, 2.05) is 22.9 Å². The van der Waals surface area contributed by atoms with Gasteiger partial charge < -0.3 is 24.8 Å². The molecule has 6 rings (SSSR count). The summed E-state index contributed by atoms with van der Waals surface area (Å²) >= 11 is 0. The summed E-state index contributed by atoms with van der Waals surface area (Å²) in [5.41, 5.74) is 1.91. The van der Waals surface area contributed by atoms with Gasteiger partial charge in [0.15, 0.2) is 17.3 Å². The number of carbonyl (C=O) groups excluding carboxylic acids is 1. The maximum absolute atomic E-state index is 15.9. The van der Waals surface area contributed by atoms with Crippen molar-refractivity contribution >= 4 is 23.2 Å². The van der Waals surface area contributed by atoms with Gasteiger partial charge in [-0.25, -0.2) is 9.37 Å². The minimum absolute atomic E-state index is 0.104. The van der Waals surface area contributed by atoms with Crippen LogP contribution in [0.2, 0.25) is 0 Å². The van der Waals surface area contributed by atoms with Crippen LogP contribution in [-0.2, 0) is 0 Å². The number of nitrogens with zero attached hydrogens (tertiary/aromatic N) is 6. The predicted molar refractivity (Wildman–Crippen MR) is 140 cm³/mol. The minimum atomic E-state index is -0.515. The molecule has 3 aromatic rings. The number of nitrogens with one attached hydrogen (secondary N) is 1. The zero-order chi connectivity index (χ0) is 26.4. The van der Waals surface area contributed by atoms with E-state index in [2.05, 4.69) is 16.9 Å². The van der Waals surface area contributed by atoms with Crippen LogP contribution in [0.4, 0.5) is 20.4 Å². The molecule has 38 heavy (non-hydrogen) atoms.